The molecule has 0 atom stereocenters. The van der Waals surface area contributed by atoms with Crippen molar-refractivity contribution in [3.05, 3.63) is 65.6 Å². The molecule has 0 radical (unpaired) electrons. The number of amides is 1. The maximum atomic E-state index is 12.1. The molecule has 0 bridgehead atoms. The van der Waals surface area contributed by atoms with E-state index in [0.29, 0.717) is 23.6 Å². The van der Waals surface area contributed by atoms with Crippen LogP contribution in [0.2, 0.25) is 0 Å². The second-order valence-corrected chi connectivity index (χ2v) is 7.32. The monoisotopic (exact) mass is 383 g/mol. The Kier molecular flexibility index (Phi) is 6.13. The second kappa shape index (κ2) is 8.73. The minimum Gasteiger partial charge on any atom is -0.481 e. The Morgan fingerprint density at radius 1 is 1.22 bits per heavy atom. The number of imidazole rings is 1. The molecule has 0 unspecified atom stereocenters. The van der Waals surface area contributed by atoms with Gasteiger partial charge in [-0.2, -0.15) is 0 Å². The molecule has 0 aliphatic heterocycles. The van der Waals surface area contributed by atoms with Gasteiger partial charge < -0.3 is 14.8 Å². The van der Waals surface area contributed by atoms with Gasteiger partial charge in [0.15, 0.2) is 0 Å². The van der Waals surface area contributed by atoms with Gasteiger partial charge in [0, 0.05) is 30.3 Å². The summed E-state index contributed by atoms with van der Waals surface area (Å²) in [7, 11) is 0. The average Bonchev–Trinajstić information content (AvgIpc) is 3.02. The number of anilines is 1. The first kappa shape index (κ1) is 19.0. The van der Waals surface area contributed by atoms with E-state index in [1.54, 1.807) is 6.07 Å². The van der Waals surface area contributed by atoms with Crippen LogP contribution in [0.4, 0.5) is 5.69 Å². The number of carboxylic acid groups (broad SMARTS) is 1. The first-order valence-corrected chi connectivity index (χ1v) is 9.77. The molecule has 1 amide bonds. The van der Waals surface area contributed by atoms with E-state index in [0.717, 1.165) is 16.9 Å². The quantitative estimate of drug-likeness (QED) is 0.622. The molecule has 0 spiro atoms. The summed E-state index contributed by atoms with van der Waals surface area (Å²) in [6.07, 6.45) is 4.53. The molecule has 2 N–H and O–H groups in total. The topological polar surface area (TPSA) is 83.7 Å². The van der Waals surface area contributed by atoms with Gasteiger partial charge in [0.25, 0.3) is 0 Å². The lowest BCUT2D eigenvalue weighted by Crippen LogP contribution is -2.14. The molecular weight excluding hydrogens is 362 g/mol. The van der Waals surface area contributed by atoms with Gasteiger partial charge in [-0.1, -0.05) is 18.2 Å². The van der Waals surface area contributed by atoms with Gasteiger partial charge in [0.2, 0.25) is 5.91 Å². The van der Waals surface area contributed by atoms with Crippen LogP contribution in [0.15, 0.2) is 48.8 Å². The molecule has 6 nitrogen and oxygen atoms in total. The number of rotatable bonds is 8. The number of fused-ring (bicyclic) bond motifs is 1. The number of carboxylic acids is 1. The molecule has 3 rings (SSSR count). The second-order valence-electron chi connectivity index (χ2n) is 6.34. The predicted molar refractivity (Wildman–Crippen MR) is 107 cm³/mol. The third-order valence-corrected chi connectivity index (χ3v) is 4.94. The lowest BCUT2D eigenvalue weighted by atomic mass is 10.1. The fraction of sp³-hybridized carbons (Fsp3) is 0.250. The fourth-order valence-corrected chi connectivity index (χ4v) is 3.43. The van der Waals surface area contributed by atoms with Crippen molar-refractivity contribution in [3.8, 4) is 0 Å². The van der Waals surface area contributed by atoms with Gasteiger partial charge in [0.05, 0.1) is 11.4 Å². The molecule has 0 aliphatic carbocycles. The Balaban J connectivity index is 1.49. The molecule has 0 fully saturated rings. The zero-order valence-corrected chi connectivity index (χ0v) is 15.8. The summed E-state index contributed by atoms with van der Waals surface area (Å²) in [6, 6.07) is 11.3. The van der Waals surface area contributed by atoms with Crippen molar-refractivity contribution in [1.82, 2.24) is 9.38 Å². The van der Waals surface area contributed by atoms with Crippen LogP contribution in [0.25, 0.3) is 5.65 Å². The lowest BCUT2D eigenvalue weighted by molar-refractivity contribution is -0.137. The Morgan fingerprint density at radius 2 is 2.07 bits per heavy atom. The van der Waals surface area contributed by atoms with Crippen molar-refractivity contribution in [2.24, 2.45) is 0 Å². The number of hydrogen-bond donors (Lipinski definition) is 2. The van der Waals surface area contributed by atoms with Crippen LogP contribution < -0.4 is 5.32 Å². The number of aryl methyl sites for hydroxylation is 2. The number of aliphatic carboxylic acids is 1. The number of nitrogens with one attached hydrogen (secondary N) is 1. The molecule has 27 heavy (non-hydrogen) atoms. The molecule has 0 aliphatic rings. The molecule has 2 aromatic heterocycles. The highest BCUT2D eigenvalue weighted by molar-refractivity contribution is 7.99. The third-order valence-electron chi connectivity index (χ3n) is 3.97. The van der Waals surface area contributed by atoms with E-state index < -0.39 is 5.97 Å². The summed E-state index contributed by atoms with van der Waals surface area (Å²) in [5.41, 5.74) is 4.59. The van der Waals surface area contributed by atoms with Crippen molar-refractivity contribution >= 4 is 35.0 Å². The van der Waals surface area contributed by atoms with E-state index in [-0.39, 0.29) is 12.3 Å². The average molecular weight is 383 g/mol. The van der Waals surface area contributed by atoms with Crippen LogP contribution in [0.1, 0.15) is 23.2 Å². The standard InChI is InChI=1S/C20H21N3O3S/c1-14-5-7-18-21-17(11-23(18)10-14)12-27-13-19(24)22-16-4-2-3-15(9-16)6-8-20(25)26/h2-5,7,9-11H,6,8,12-13H2,1H3,(H,22,24)(H,25,26). The van der Waals surface area contributed by atoms with Crippen LogP contribution >= 0.6 is 11.8 Å². The van der Waals surface area contributed by atoms with Gasteiger partial charge in [-0.15, -0.1) is 11.8 Å². The van der Waals surface area contributed by atoms with Gasteiger partial charge in [-0.3, -0.25) is 9.59 Å². The first-order valence-electron chi connectivity index (χ1n) is 8.62. The predicted octanol–water partition coefficient (Wildman–Crippen LogP) is 3.53. The molecule has 0 saturated carbocycles. The van der Waals surface area contributed by atoms with Gasteiger partial charge in [-0.25, -0.2) is 4.98 Å². The Labute approximate surface area is 161 Å². The number of benzene rings is 1. The number of carbonyl (C=O) groups is 2. The van der Waals surface area contributed by atoms with E-state index in [2.05, 4.69) is 10.3 Å². The van der Waals surface area contributed by atoms with Crippen molar-refractivity contribution in [2.45, 2.75) is 25.5 Å². The summed E-state index contributed by atoms with van der Waals surface area (Å²) in [5, 5.41) is 11.6. The zero-order valence-electron chi connectivity index (χ0n) is 15.0. The van der Waals surface area contributed by atoms with Crippen molar-refractivity contribution in [3.63, 3.8) is 0 Å². The lowest BCUT2D eigenvalue weighted by Gasteiger charge is -2.07. The highest BCUT2D eigenvalue weighted by Gasteiger charge is 2.07. The fourth-order valence-electron chi connectivity index (χ4n) is 2.73. The molecule has 140 valence electrons. The van der Waals surface area contributed by atoms with Crippen LogP contribution in [-0.2, 0) is 21.8 Å². The third kappa shape index (κ3) is 5.59. The highest BCUT2D eigenvalue weighted by atomic mass is 32.2. The van der Waals surface area contributed by atoms with Crippen molar-refractivity contribution in [1.29, 1.82) is 0 Å². The van der Waals surface area contributed by atoms with Crippen molar-refractivity contribution < 1.29 is 14.7 Å². The van der Waals surface area contributed by atoms with Crippen LogP contribution in [0.3, 0.4) is 0 Å². The molecule has 1 aromatic carbocycles. The smallest absolute Gasteiger partial charge is 0.303 e. The summed E-state index contributed by atoms with van der Waals surface area (Å²) < 4.78 is 1.99. The van der Waals surface area contributed by atoms with E-state index in [1.165, 1.54) is 17.3 Å². The maximum absolute atomic E-state index is 12.1. The zero-order chi connectivity index (χ0) is 19.2. The highest BCUT2D eigenvalue weighted by Crippen LogP contribution is 2.16. The summed E-state index contributed by atoms with van der Waals surface area (Å²) >= 11 is 1.51. The maximum Gasteiger partial charge on any atom is 0.303 e. The normalized spacial score (nSPS) is 10.9. The van der Waals surface area contributed by atoms with E-state index in [9.17, 15) is 9.59 Å². The minimum atomic E-state index is -0.831. The Hall–Kier alpha value is -2.80. The summed E-state index contributed by atoms with van der Waals surface area (Å²) in [4.78, 5) is 27.4. The summed E-state index contributed by atoms with van der Waals surface area (Å²) in [6.45, 7) is 2.04. The van der Waals surface area contributed by atoms with Gasteiger partial charge in [-0.05, 0) is 42.7 Å². The number of pyridine rings is 1. The molecule has 0 saturated heterocycles. The Morgan fingerprint density at radius 3 is 2.89 bits per heavy atom. The SMILES string of the molecule is Cc1ccc2nc(CSCC(=O)Nc3cccc(CCC(=O)O)c3)cn2c1. The van der Waals surface area contributed by atoms with Crippen LogP contribution in [-0.4, -0.2) is 32.1 Å². The first-order chi connectivity index (χ1) is 13.0. The van der Waals surface area contributed by atoms with Gasteiger partial charge >= 0.3 is 5.97 Å². The van der Waals surface area contributed by atoms with Gasteiger partial charge in [0.1, 0.15) is 5.65 Å². The molecule has 2 heterocycles. The largest absolute Gasteiger partial charge is 0.481 e. The molecule has 7 heteroatoms. The summed E-state index contributed by atoms with van der Waals surface area (Å²) in [5.74, 6) is 0.0666. The number of carbonyl (C=O) groups excluding carboxylic acids is 1. The van der Waals surface area contributed by atoms with Crippen LogP contribution in [0, 0.1) is 6.92 Å². The molecule has 3 aromatic rings. The number of thioether (sulfide) groups is 1. The minimum absolute atomic E-state index is 0.0752. The Bertz CT molecular complexity index is 968. The van der Waals surface area contributed by atoms with E-state index >= 15 is 0 Å². The molecular formula is C20H21N3O3S. The number of nitrogens with zero attached hydrogens (tertiary/aromatic N) is 2. The van der Waals surface area contributed by atoms with E-state index in [1.807, 2.05) is 54.0 Å². The van der Waals surface area contributed by atoms with E-state index in [4.69, 9.17) is 5.11 Å². The number of hydrogen-bond acceptors (Lipinski definition) is 4. The van der Waals surface area contributed by atoms with Crippen LogP contribution in [0.5, 0.6) is 0 Å². The number of aromatic nitrogens is 2. The van der Waals surface area contributed by atoms with Crippen molar-refractivity contribution in [2.75, 3.05) is 11.1 Å².